The molecule has 0 aliphatic carbocycles. The van der Waals surface area contributed by atoms with Crippen molar-refractivity contribution in [3.05, 3.63) is 58.7 Å². The molecular weight excluding hydrogens is 322 g/mol. The molecule has 0 aliphatic rings. The number of carbonyl (C=O) groups is 1. The summed E-state index contributed by atoms with van der Waals surface area (Å²) in [5.41, 5.74) is 3.62. The molecule has 3 aromatic rings. The molecule has 3 rings (SSSR count). The van der Waals surface area contributed by atoms with Crippen LogP contribution in [0.3, 0.4) is 0 Å². The number of thiazole rings is 1. The summed E-state index contributed by atoms with van der Waals surface area (Å²) in [4.78, 5) is 25.3. The van der Waals surface area contributed by atoms with Crippen LogP contribution in [0.25, 0.3) is 0 Å². The fourth-order valence-electron chi connectivity index (χ4n) is 2.22. The summed E-state index contributed by atoms with van der Waals surface area (Å²) in [6.07, 6.45) is 3.40. The highest BCUT2D eigenvalue weighted by molar-refractivity contribution is 7.16. The maximum Gasteiger partial charge on any atom is 0.277 e. The van der Waals surface area contributed by atoms with E-state index in [4.69, 9.17) is 0 Å². The highest BCUT2D eigenvalue weighted by Crippen LogP contribution is 2.29. The monoisotopic (exact) mass is 339 g/mol. The lowest BCUT2D eigenvalue weighted by molar-refractivity contribution is 0.102. The Bertz CT molecular complexity index is 890. The predicted octanol–water partition coefficient (Wildman–Crippen LogP) is 3.85. The Balaban J connectivity index is 1.86. The van der Waals surface area contributed by atoms with Crippen molar-refractivity contribution in [2.45, 2.75) is 20.8 Å². The van der Waals surface area contributed by atoms with Crippen molar-refractivity contribution in [1.29, 1.82) is 0 Å². The number of amides is 1. The third-order valence-corrected chi connectivity index (χ3v) is 4.25. The molecule has 0 bridgehead atoms. The molecule has 0 aliphatic heterocycles. The summed E-state index contributed by atoms with van der Waals surface area (Å²) in [6.45, 7) is 5.66. The summed E-state index contributed by atoms with van der Waals surface area (Å²) in [5.74, 6) is -0.256. The van der Waals surface area contributed by atoms with Crippen molar-refractivity contribution in [1.82, 2.24) is 15.0 Å². The van der Waals surface area contributed by atoms with E-state index in [1.807, 2.05) is 39.0 Å². The second kappa shape index (κ2) is 6.76. The van der Waals surface area contributed by atoms with Crippen molar-refractivity contribution in [2.75, 3.05) is 10.6 Å². The zero-order valence-corrected chi connectivity index (χ0v) is 14.4. The number of carbonyl (C=O) groups excluding carboxylic acids is 1. The van der Waals surface area contributed by atoms with Gasteiger partial charge in [0.15, 0.2) is 5.69 Å². The lowest BCUT2D eigenvalue weighted by Gasteiger charge is -2.09. The number of hydrogen-bond acceptors (Lipinski definition) is 6. The Morgan fingerprint density at radius 3 is 2.71 bits per heavy atom. The number of hydrogen-bond donors (Lipinski definition) is 2. The molecular formula is C17H17N5OS. The summed E-state index contributed by atoms with van der Waals surface area (Å²) in [7, 11) is 0. The highest BCUT2D eigenvalue weighted by Gasteiger charge is 2.18. The number of nitrogens with zero attached hydrogens (tertiary/aromatic N) is 3. The molecule has 0 aromatic carbocycles. The van der Waals surface area contributed by atoms with Crippen LogP contribution in [0.5, 0.6) is 0 Å². The van der Waals surface area contributed by atoms with E-state index in [1.165, 1.54) is 11.3 Å². The van der Waals surface area contributed by atoms with Crippen molar-refractivity contribution >= 4 is 33.6 Å². The van der Waals surface area contributed by atoms with Gasteiger partial charge in [0.1, 0.15) is 5.00 Å². The van der Waals surface area contributed by atoms with E-state index in [1.54, 1.807) is 18.5 Å². The number of rotatable bonds is 4. The van der Waals surface area contributed by atoms with E-state index in [0.29, 0.717) is 16.4 Å². The van der Waals surface area contributed by atoms with Crippen molar-refractivity contribution in [2.24, 2.45) is 0 Å². The van der Waals surface area contributed by atoms with Crippen LogP contribution in [0, 0.1) is 20.8 Å². The third kappa shape index (κ3) is 3.57. The molecule has 6 nitrogen and oxygen atoms in total. The summed E-state index contributed by atoms with van der Waals surface area (Å²) < 4.78 is 0. The standard InChI is InChI=1S/C17H17N5OS/c1-10-9-13(6-8-18-10)21-16(23)15-17(24-12(3)20-15)22-14-5-4-7-19-11(14)2/h4-9,22H,1-3H3,(H,18,21,23). The highest BCUT2D eigenvalue weighted by atomic mass is 32.1. The fourth-order valence-corrected chi connectivity index (χ4v) is 3.05. The molecule has 24 heavy (non-hydrogen) atoms. The molecule has 0 saturated heterocycles. The van der Waals surface area contributed by atoms with Crippen LogP contribution in [-0.4, -0.2) is 20.9 Å². The number of anilines is 3. The van der Waals surface area contributed by atoms with Crippen molar-refractivity contribution in [3.8, 4) is 0 Å². The Morgan fingerprint density at radius 1 is 1.12 bits per heavy atom. The zero-order chi connectivity index (χ0) is 17.1. The molecule has 3 heterocycles. The van der Waals surface area contributed by atoms with Crippen molar-refractivity contribution in [3.63, 3.8) is 0 Å². The van der Waals surface area contributed by atoms with Gasteiger partial charge in [-0.15, -0.1) is 11.3 Å². The lowest BCUT2D eigenvalue weighted by Crippen LogP contribution is -2.14. The largest absolute Gasteiger partial charge is 0.344 e. The van der Waals surface area contributed by atoms with Crippen molar-refractivity contribution < 1.29 is 4.79 Å². The van der Waals surface area contributed by atoms with Crippen LogP contribution in [0.1, 0.15) is 26.9 Å². The van der Waals surface area contributed by atoms with E-state index in [0.717, 1.165) is 22.1 Å². The van der Waals surface area contributed by atoms with Gasteiger partial charge >= 0.3 is 0 Å². The van der Waals surface area contributed by atoms with Crippen LogP contribution in [0.15, 0.2) is 36.7 Å². The minimum Gasteiger partial charge on any atom is -0.344 e. The average molecular weight is 339 g/mol. The molecule has 7 heteroatoms. The molecule has 0 unspecified atom stereocenters. The van der Waals surface area contributed by atoms with Crippen LogP contribution in [0.4, 0.5) is 16.4 Å². The second-order valence-corrected chi connectivity index (χ2v) is 6.52. The smallest absolute Gasteiger partial charge is 0.277 e. The molecule has 0 radical (unpaired) electrons. The summed E-state index contributed by atoms with van der Waals surface area (Å²) in [5, 5.41) is 7.64. The average Bonchev–Trinajstić information content (AvgIpc) is 2.90. The molecule has 2 N–H and O–H groups in total. The summed E-state index contributed by atoms with van der Waals surface area (Å²) in [6, 6.07) is 7.34. The topological polar surface area (TPSA) is 79.8 Å². The number of aryl methyl sites for hydroxylation is 3. The molecule has 0 saturated carbocycles. The van der Waals surface area contributed by atoms with E-state index in [2.05, 4.69) is 25.6 Å². The van der Waals surface area contributed by atoms with Gasteiger partial charge in [0, 0.05) is 23.8 Å². The van der Waals surface area contributed by atoms with Gasteiger partial charge in [-0.25, -0.2) is 4.98 Å². The number of aromatic nitrogens is 3. The Morgan fingerprint density at radius 2 is 1.96 bits per heavy atom. The minimum atomic E-state index is -0.256. The Hall–Kier alpha value is -2.80. The maximum absolute atomic E-state index is 12.6. The van der Waals surface area contributed by atoms with E-state index >= 15 is 0 Å². The fraction of sp³-hybridized carbons (Fsp3) is 0.176. The van der Waals surface area contributed by atoms with Gasteiger partial charge in [-0.05, 0) is 45.0 Å². The van der Waals surface area contributed by atoms with Gasteiger partial charge in [0.25, 0.3) is 5.91 Å². The molecule has 3 aromatic heterocycles. The van der Waals surface area contributed by atoms with Gasteiger partial charge in [-0.2, -0.15) is 0 Å². The van der Waals surface area contributed by atoms with Gasteiger partial charge < -0.3 is 10.6 Å². The van der Waals surface area contributed by atoms with Crippen LogP contribution in [0.2, 0.25) is 0 Å². The van der Waals surface area contributed by atoms with E-state index in [-0.39, 0.29) is 5.91 Å². The first-order valence-corrected chi connectivity index (χ1v) is 8.24. The van der Waals surface area contributed by atoms with Gasteiger partial charge in [0.05, 0.1) is 16.4 Å². The van der Waals surface area contributed by atoms with Gasteiger partial charge in [-0.1, -0.05) is 0 Å². The van der Waals surface area contributed by atoms with Gasteiger partial charge in [0.2, 0.25) is 0 Å². The molecule has 122 valence electrons. The molecule has 0 spiro atoms. The Kier molecular flexibility index (Phi) is 4.52. The lowest BCUT2D eigenvalue weighted by atomic mass is 10.3. The first kappa shape index (κ1) is 16.1. The molecule has 0 fully saturated rings. The Labute approximate surface area is 144 Å². The van der Waals surface area contributed by atoms with E-state index < -0.39 is 0 Å². The number of pyridine rings is 2. The minimum absolute atomic E-state index is 0.256. The molecule has 1 amide bonds. The van der Waals surface area contributed by atoms with Crippen LogP contribution in [-0.2, 0) is 0 Å². The van der Waals surface area contributed by atoms with Crippen LogP contribution >= 0.6 is 11.3 Å². The van der Waals surface area contributed by atoms with Gasteiger partial charge in [-0.3, -0.25) is 14.8 Å². The van der Waals surface area contributed by atoms with Crippen LogP contribution < -0.4 is 10.6 Å². The third-order valence-electron chi connectivity index (χ3n) is 3.36. The number of nitrogens with one attached hydrogen (secondary N) is 2. The SMILES string of the molecule is Cc1cc(NC(=O)c2nc(C)sc2Nc2cccnc2C)ccn1. The summed E-state index contributed by atoms with van der Waals surface area (Å²) >= 11 is 1.44. The molecule has 0 atom stereocenters. The zero-order valence-electron chi connectivity index (χ0n) is 13.6. The van der Waals surface area contributed by atoms with E-state index in [9.17, 15) is 4.79 Å². The first-order chi connectivity index (χ1) is 11.5. The quantitative estimate of drug-likeness (QED) is 0.754. The maximum atomic E-state index is 12.6. The second-order valence-electron chi connectivity index (χ2n) is 5.31. The predicted molar refractivity (Wildman–Crippen MR) is 96.0 cm³/mol. The first-order valence-electron chi connectivity index (χ1n) is 7.43. The normalized spacial score (nSPS) is 10.5.